The van der Waals surface area contributed by atoms with Crippen molar-refractivity contribution in [2.75, 3.05) is 7.11 Å². The van der Waals surface area contributed by atoms with E-state index in [0.717, 1.165) is 11.3 Å². The van der Waals surface area contributed by atoms with Crippen molar-refractivity contribution in [2.45, 2.75) is 19.3 Å². The summed E-state index contributed by atoms with van der Waals surface area (Å²) >= 11 is 0. The fraction of sp³-hybridized carbons (Fsp3) is 0.217. The first-order valence-corrected chi connectivity index (χ1v) is 8.58. The summed E-state index contributed by atoms with van der Waals surface area (Å²) in [6, 6.07) is 26.4. The minimum atomic E-state index is -0.304. The number of aromatic hydroxyl groups is 1. The van der Waals surface area contributed by atoms with E-state index in [1.807, 2.05) is 30.3 Å². The zero-order valence-corrected chi connectivity index (χ0v) is 14.9. The van der Waals surface area contributed by atoms with E-state index in [9.17, 15) is 5.11 Å². The van der Waals surface area contributed by atoms with E-state index in [2.05, 4.69) is 50.2 Å². The van der Waals surface area contributed by atoms with Gasteiger partial charge in [0.05, 0.1) is 7.11 Å². The lowest BCUT2D eigenvalue weighted by atomic mass is 9.63. The molecule has 2 heteroatoms. The van der Waals surface area contributed by atoms with Crippen LogP contribution in [0.5, 0.6) is 11.5 Å². The van der Waals surface area contributed by atoms with Crippen LogP contribution in [0.3, 0.4) is 0 Å². The fourth-order valence-electron chi connectivity index (χ4n) is 3.78. The van der Waals surface area contributed by atoms with E-state index in [-0.39, 0.29) is 11.2 Å². The highest BCUT2D eigenvalue weighted by atomic mass is 16.5. The molecule has 3 aromatic carbocycles. The highest BCUT2D eigenvalue weighted by Crippen LogP contribution is 2.45. The van der Waals surface area contributed by atoms with Crippen molar-refractivity contribution >= 4 is 0 Å². The Labute approximate surface area is 149 Å². The standard InChI is InChI=1S/C23H24O2/c1-17(2)23(18-7-5-4-6-8-18,19-9-13-21(24)14-10-19)20-11-15-22(25-3)16-12-20/h4-17,24H,1-3H3. The Kier molecular flexibility index (Phi) is 4.80. The molecule has 0 heterocycles. The summed E-state index contributed by atoms with van der Waals surface area (Å²) in [5.41, 5.74) is 3.30. The van der Waals surface area contributed by atoms with Crippen LogP contribution < -0.4 is 4.74 Å². The maximum atomic E-state index is 9.75. The van der Waals surface area contributed by atoms with Gasteiger partial charge in [0.1, 0.15) is 11.5 Å². The Morgan fingerprint density at radius 2 is 1.20 bits per heavy atom. The van der Waals surface area contributed by atoms with E-state index < -0.39 is 0 Å². The molecule has 3 rings (SSSR count). The van der Waals surface area contributed by atoms with Crippen LogP contribution in [0.15, 0.2) is 78.9 Å². The fourth-order valence-corrected chi connectivity index (χ4v) is 3.78. The molecule has 2 nitrogen and oxygen atoms in total. The van der Waals surface area contributed by atoms with Gasteiger partial charge in [0.25, 0.3) is 0 Å². The Balaban J connectivity index is 2.30. The number of hydrogen-bond donors (Lipinski definition) is 1. The van der Waals surface area contributed by atoms with Crippen molar-refractivity contribution in [3.05, 3.63) is 95.6 Å². The zero-order valence-electron chi connectivity index (χ0n) is 14.9. The highest BCUT2D eigenvalue weighted by molar-refractivity contribution is 5.52. The summed E-state index contributed by atoms with van der Waals surface area (Å²) in [6.07, 6.45) is 0. The molecule has 1 unspecified atom stereocenters. The van der Waals surface area contributed by atoms with Crippen LogP contribution >= 0.6 is 0 Å². The average Bonchev–Trinajstić information content (AvgIpc) is 2.65. The summed E-state index contributed by atoms with van der Waals surface area (Å²) in [5.74, 6) is 1.44. The average molecular weight is 332 g/mol. The van der Waals surface area contributed by atoms with Crippen LogP contribution in [-0.4, -0.2) is 12.2 Å². The summed E-state index contributed by atoms with van der Waals surface area (Å²) in [6.45, 7) is 4.48. The first-order valence-electron chi connectivity index (χ1n) is 8.58. The maximum Gasteiger partial charge on any atom is 0.118 e. The van der Waals surface area contributed by atoms with Crippen molar-refractivity contribution in [1.29, 1.82) is 0 Å². The van der Waals surface area contributed by atoms with Gasteiger partial charge in [-0.3, -0.25) is 0 Å². The molecule has 0 radical (unpaired) electrons. The van der Waals surface area contributed by atoms with Crippen molar-refractivity contribution in [2.24, 2.45) is 5.92 Å². The first kappa shape index (κ1) is 17.1. The Hall–Kier alpha value is -2.74. The van der Waals surface area contributed by atoms with Crippen molar-refractivity contribution in [3.63, 3.8) is 0 Å². The lowest BCUT2D eigenvalue weighted by Crippen LogP contribution is -2.35. The number of ether oxygens (including phenoxy) is 1. The number of hydrogen-bond acceptors (Lipinski definition) is 2. The van der Waals surface area contributed by atoms with Crippen LogP contribution in [0.4, 0.5) is 0 Å². The Morgan fingerprint density at radius 1 is 0.720 bits per heavy atom. The van der Waals surface area contributed by atoms with Gasteiger partial charge < -0.3 is 9.84 Å². The van der Waals surface area contributed by atoms with Crippen LogP contribution in [0.1, 0.15) is 30.5 Å². The molecule has 0 aliphatic carbocycles. The lowest BCUT2D eigenvalue weighted by molar-refractivity contribution is 0.411. The molecule has 1 atom stereocenters. The molecular weight excluding hydrogens is 308 g/mol. The van der Waals surface area contributed by atoms with Gasteiger partial charge in [0.2, 0.25) is 0 Å². The molecule has 0 saturated carbocycles. The van der Waals surface area contributed by atoms with Gasteiger partial charge in [0.15, 0.2) is 0 Å². The van der Waals surface area contributed by atoms with E-state index in [0.29, 0.717) is 5.92 Å². The molecule has 0 bridgehead atoms. The molecule has 0 spiro atoms. The van der Waals surface area contributed by atoms with Gasteiger partial charge in [-0.2, -0.15) is 0 Å². The number of rotatable bonds is 5. The second-order valence-electron chi connectivity index (χ2n) is 6.60. The monoisotopic (exact) mass is 332 g/mol. The number of benzene rings is 3. The van der Waals surface area contributed by atoms with Crippen LogP contribution in [0.2, 0.25) is 0 Å². The molecule has 1 N–H and O–H groups in total. The van der Waals surface area contributed by atoms with Crippen LogP contribution in [0, 0.1) is 5.92 Å². The minimum absolute atomic E-state index is 0.282. The number of phenols is 1. The summed E-state index contributed by atoms with van der Waals surface area (Å²) in [7, 11) is 1.68. The van der Waals surface area contributed by atoms with Crippen LogP contribution in [0.25, 0.3) is 0 Å². The first-order chi connectivity index (χ1) is 12.1. The predicted octanol–water partition coefficient (Wildman–Crippen LogP) is 5.39. The topological polar surface area (TPSA) is 29.5 Å². The Bertz CT molecular complexity index is 805. The van der Waals surface area contributed by atoms with Crippen molar-refractivity contribution < 1.29 is 9.84 Å². The third kappa shape index (κ3) is 3.00. The predicted molar refractivity (Wildman–Crippen MR) is 102 cm³/mol. The number of methoxy groups -OCH3 is 1. The van der Waals surface area contributed by atoms with Crippen LogP contribution in [-0.2, 0) is 5.41 Å². The molecule has 0 saturated heterocycles. The van der Waals surface area contributed by atoms with E-state index in [4.69, 9.17) is 4.74 Å². The van der Waals surface area contributed by atoms with E-state index >= 15 is 0 Å². The van der Waals surface area contributed by atoms with Gasteiger partial charge in [-0.05, 0) is 46.9 Å². The summed E-state index contributed by atoms with van der Waals surface area (Å²) in [4.78, 5) is 0. The summed E-state index contributed by atoms with van der Waals surface area (Å²) in [5, 5.41) is 9.75. The van der Waals surface area contributed by atoms with Gasteiger partial charge in [-0.15, -0.1) is 0 Å². The number of phenolic OH excluding ortho intramolecular Hbond substituents is 1. The maximum absolute atomic E-state index is 9.75. The lowest BCUT2D eigenvalue weighted by Gasteiger charge is -2.40. The van der Waals surface area contributed by atoms with Gasteiger partial charge in [-0.1, -0.05) is 68.4 Å². The van der Waals surface area contributed by atoms with Crippen molar-refractivity contribution in [3.8, 4) is 11.5 Å². The smallest absolute Gasteiger partial charge is 0.118 e. The molecule has 0 fully saturated rings. The largest absolute Gasteiger partial charge is 0.508 e. The molecule has 0 aliphatic heterocycles. The second-order valence-corrected chi connectivity index (χ2v) is 6.60. The normalized spacial score (nSPS) is 13.4. The molecule has 3 aromatic rings. The molecule has 0 aliphatic rings. The second kappa shape index (κ2) is 7.02. The third-order valence-electron chi connectivity index (χ3n) is 4.96. The minimum Gasteiger partial charge on any atom is -0.508 e. The Morgan fingerprint density at radius 3 is 1.68 bits per heavy atom. The molecular formula is C23H24O2. The molecule has 0 aromatic heterocycles. The highest BCUT2D eigenvalue weighted by Gasteiger charge is 2.39. The molecule has 25 heavy (non-hydrogen) atoms. The van der Waals surface area contributed by atoms with Gasteiger partial charge >= 0.3 is 0 Å². The van der Waals surface area contributed by atoms with E-state index in [1.165, 1.54) is 11.1 Å². The van der Waals surface area contributed by atoms with Gasteiger partial charge in [0, 0.05) is 5.41 Å². The van der Waals surface area contributed by atoms with Crippen molar-refractivity contribution in [1.82, 2.24) is 0 Å². The SMILES string of the molecule is COc1ccc(C(c2ccccc2)(c2ccc(O)cc2)C(C)C)cc1. The zero-order chi connectivity index (χ0) is 17.9. The molecule has 0 amide bonds. The summed E-state index contributed by atoms with van der Waals surface area (Å²) < 4.78 is 5.34. The quantitative estimate of drug-likeness (QED) is 0.635. The van der Waals surface area contributed by atoms with E-state index in [1.54, 1.807) is 19.2 Å². The molecule has 128 valence electrons. The van der Waals surface area contributed by atoms with Gasteiger partial charge in [-0.25, -0.2) is 0 Å². The third-order valence-corrected chi connectivity index (χ3v) is 4.96.